The third-order valence-electron chi connectivity index (χ3n) is 3.08. The van der Waals surface area contributed by atoms with E-state index in [4.69, 9.17) is 17.3 Å². The number of halogens is 3. The van der Waals surface area contributed by atoms with Crippen LogP contribution >= 0.6 is 27.5 Å². The van der Waals surface area contributed by atoms with Gasteiger partial charge in [0.05, 0.1) is 0 Å². The van der Waals surface area contributed by atoms with E-state index in [1.165, 1.54) is 6.07 Å². The van der Waals surface area contributed by atoms with Crippen LogP contribution in [-0.4, -0.2) is 6.54 Å². The number of hydrogen-bond donors (Lipinski definition) is 1. The van der Waals surface area contributed by atoms with Crippen molar-refractivity contribution in [1.82, 2.24) is 0 Å². The smallest absolute Gasteiger partial charge is 0.126 e. The van der Waals surface area contributed by atoms with E-state index in [-0.39, 0.29) is 11.7 Å². The van der Waals surface area contributed by atoms with Crippen LogP contribution in [0.15, 0.2) is 46.9 Å². The molecule has 0 aliphatic carbocycles. The molecule has 2 rings (SSSR count). The minimum Gasteiger partial charge on any atom is -0.330 e. The lowest BCUT2D eigenvalue weighted by atomic mass is 9.92. The van der Waals surface area contributed by atoms with Crippen LogP contribution in [0.5, 0.6) is 0 Å². The summed E-state index contributed by atoms with van der Waals surface area (Å²) in [6, 6.07) is 12.5. The van der Waals surface area contributed by atoms with Crippen molar-refractivity contribution in [3.05, 3.63) is 68.9 Å². The second kappa shape index (κ2) is 6.51. The number of nitrogens with two attached hydrogens (primary N) is 1. The molecule has 0 fully saturated rings. The predicted molar refractivity (Wildman–Crippen MR) is 81.1 cm³/mol. The van der Waals surface area contributed by atoms with Crippen molar-refractivity contribution in [3.8, 4) is 0 Å². The summed E-state index contributed by atoms with van der Waals surface area (Å²) in [5, 5.41) is 0.672. The molecule has 0 saturated carbocycles. The Bertz CT molecular complexity index is 574. The van der Waals surface area contributed by atoms with Crippen LogP contribution in [0.4, 0.5) is 4.39 Å². The third kappa shape index (κ3) is 3.78. The highest BCUT2D eigenvalue weighted by molar-refractivity contribution is 9.10. The monoisotopic (exact) mass is 341 g/mol. The van der Waals surface area contributed by atoms with Gasteiger partial charge in [0, 0.05) is 15.4 Å². The topological polar surface area (TPSA) is 26.0 Å². The van der Waals surface area contributed by atoms with Crippen molar-refractivity contribution < 1.29 is 4.39 Å². The standard InChI is InChI=1S/C15H14BrClFN/c16-13-4-5-15(18)11(7-13)6-12(9-19)10-2-1-3-14(17)8-10/h1-5,7-8,12H,6,9,19H2. The fourth-order valence-electron chi connectivity index (χ4n) is 2.06. The van der Waals surface area contributed by atoms with E-state index in [1.54, 1.807) is 12.1 Å². The lowest BCUT2D eigenvalue weighted by Crippen LogP contribution is -2.15. The van der Waals surface area contributed by atoms with Crippen molar-refractivity contribution in [2.45, 2.75) is 12.3 Å². The van der Waals surface area contributed by atoms with Gasteiger partial charge in [-0.05, 0) is 54.4 Å². The van der Waals surface area contributed by atoms with Crippen LogP contribution < -0.4 is 5.73 Å². The molecule has 2 aromatic rings. The first kappa shape index (κ1) is 14.5. The Labute approximate surface area is 125 Å². The molecule has 0 spiro atoms. The van der Waals surface area contributed by atoms with Gasteiger partial charge in [-0.15, -0.1) is 0 Å². The largest absolute Gasteiger partial charge is 0.330 e. The zero-order chi connectivity index (χ0) is 13.8. The zero-order valence-corrected chi connectivity index (χ0v) is 12.6. The van der Waals surface area contributed by atoms with Gasteiger partial charge in [0.2, 0.25) is 0 Å². The SMILES string of the molecule is NCC(Cc1cc(Br)ccc1F)c1cccc(Cl)c1. The molecule has 4 heteroatoms. The van der Waals surface area contributed by atoms with Crippen LogP contribution in [0, 0.1) is 5.82 Å². The lowest BCUT2D eigenvalue weighted by Gasteiger charge is -2.16. The molecule has 1 unspecified atom stereocenters. The molecule has 0 heterocycles. The first-order valence-electron chi connectivity index (χ1n) is 5.99. The molecular weight excluding hydrogens is 329 g/mol. The Morgan fingerprint density at radius 2 is 2.00 bits per heavy atom. The Hall–Kier alpha value is -0.900. The molecule has 2 aromatic carbocycles. The van der Waals surface area contributed by atoms with E-state index >= 15 is 0 Å². The van der Waals surface area contributed by atoms with Crippen molar-refractivity contribution in [1.29, 1.82) is 0 Å². The zero-order valence-electron chi connectivity index (χ0n) is 10.2. The Kier molecular flexibility index (Phi) is 4.97. The summed E-state index contributed by atoms with van der Waals surface area (Å²) in [5.74, 6) is -0.147. The Balaban J connectivity index is 2.26. The van der Waals surface area contributed by atoms with Crippen LogP contribution in [0.25, 0.3) is 0 Å². The number of hydrogen-bond acceptors (Lipinski definition) is 1. The summed E-state index contributed by atoms with van der Waals surface area (Å²) in [7, 11) is 0. The highest BCUT2D eigenvalue weighted by Crippen LogP contribution is 2.25. The Morgan fingerprint density at radius 3 is 2.68 bits per heavy atom. The van der Waals surface area contributed by atoms with Gasteiger partial charge in [-0.3, -0.25) is 0 Å². The summed E-state index contributed by atoms with van der Waals surface area (Å²) < 4.78 is 14.6. The number of rotatable bonds is 4. The lowest BCUT2D eigenvalue weighted by molar-refractivity contribution is 0.590. The molecule has 0 amide bonds. The van der Waals surface area contributed by atoms with Gasteiger partial charge >= 0.3 is 0 Å². The van der Waals surface area contributed by atoms with Gasteiger partial charge < -0.3 is 5.73 Å². The summed E-state index contributed by atoms with van der Waals surface area (Å²) in [6.07, 6.45) is 0.558. The maximum atomic E-state index is 13.8. The molecule has 0 aliphatic heterocycles. The Morgan fingerprint density at radius 1 is 1.21 bits per heavy atom. The van der Waals surface area contributed by atoms with E-state index in [1.807, 2.05) is 24.3 Å². The maximum Gasteiger partial charge on any atom is 0.126 e. The maximum absolute atomic E-state index is 13.8. The highest BCUT2D eigenvalue weighted by atomic mass is 79.9. The average molecular weight is 343 g/mol. The van der Waals surface area contributed by atoms with Gasteiger partial charge in [-0.25, -0.2) is 4.39 Å². The summed E-state index contributed by atoms with van der Waals surface area (Å²) in [4.78, 5) is 0. The third-order valence-corrected chi connectivity index (χ3v) is 3.81. The van der Waals surface area contributed by atoms with Crippen LogP contribution in [0.1, 0.15) is 17.0 Å². The van der Waals surface area contributed by atoms with Gasteiger partial charge in [-0.2, -0.15) is 0 Å². The van der Waals surface area contributed by atoms with Crippen molar-refractivity contribution in [2.75, 3.05) is 6.54 Å². The van der Waals surface area contributed by atoms with Crippen LogP contribution in [0.2, 0.25) is 5.02 Å². The molecule has 0 aromatic heterocycles. The molecule has 1 atom stereocenters. The fraction of sp³-hybridized carbons (Fsp3) is 0.200. The van der Waals surface area contributed by atoms with Crippen molar-refractivity contribution in [3.63, 3.8) is 0 Å². The van der Waals surface area contributed by atoms with Gasteiger partial charge in [0.25, 0.3) is 0 Å². The van der Waals surface area contributed by atoms with Gasteiger partial charge in [-0.1, -0.05) is 39.7 Å². The molecule has 100 valence electrons. The molecule has 0 bridgehead atoms. The first-order valence-corrected chi connectivity index (χ1v) is 7.16. The van der Waals surface area contributed by atoms with Gasteiger partial charge in [0.15, 0.2) is 0 Å². The molecule has 1 nitrogen and oxygen atoms in total. The molecule has 2 N–H and O–H groups in total. The second-order valence-corrected chi connectivity index (χ2v) is 5.78. The normalized spacial score (nSPS) is 12.4. The quantitative estimate of drug-likeness (QED) is 0.868. The summed E-state index contributed by atoms with van der Waals surface area (Å²) in [6.45, 7) is 0.451. The van der Waals surface area contributed by atoms with E-state index in [9.17, 15) is 4.39 Å². The summed E-state index contributed by atoms with van der Waals surface area (Å²) in [5.41, 5.74) is 7.51. The second-order valence-electron chi connectivity index (χ2n) is 4.43. The van der Waals surface area contributed by atoms with E-state index < -0.39 is 0 Å². The molecule has 0 aliphatic rings. The van der Waals surface area contributed by atoms with E-state index in [0.29, 0.717) is 23.6 Å². The highest BCUT2D eigenvalue weighted by Gasteiger charge is 2.14. The van der Waals surface area contributed by atoms with Gasteiger partial charge in [0.1, 0.15) is 5.82 Å². The molecular formula is C15H14BrClFN. The molecule has 0 radical (unpaired) electrons. The van der Waals surface area contributed by atoms with Crippen molar-refractivity contribution >= 4 is 27.5 Å². The van der Waals surface area contributed by atoms with Crippen molar-refractivity contribution in [2.24, 2.45) is 5.73 Å². The minimum absolute atomic E-state index is 0.0579. The van der Waals surface area contributed by atoms with Crippen LogP contribution in [0.3, 0.4) is 0 Å². The fourth-order valence-corrected chi connectivity index (χ4v) is 2.67. The van der Waals surface area contributed by atoms with E-state index in [0.717, 1.165) is 10.0 Å². The molecule has 19 heavy (non-hydrogen) atoms. The molecule has 0 saturated heterocycles. The van der Waals surface area contributed by atoms with Crippen LogP contribution in [-0.2, 0) is 6.42 Å². The predicted octanol–water partition coefficient (Wildman–Crippen LogP) is 4.53. The average Bonchev–Trinajstić information content (AvgIpc) is 2.39. The summed E-state index contributed by atoms with van der Waals surface area (Å²) >= 11 is 9.34. The number of benzene rings is 2. The minimum atomic E-state index is -0.205. The first-order chi connectivity index (χ1) is 9.10. The van der Waals surface area contributed by atoms with E-state index in [2.05, 4.69) is 15.9 Å².